The first-order valence-corrected chi connectivity index (χ1v) is 5.93. The molecule has 96 valence electrons. The second-order valence-electron chi connectivity index (χ2n) is 5.14. The summed E-state index contributed by atoms with van der Waals surface area (Å²) < 4.78 is 0. The summed E-state index contributed by atoms with van der Waals surface area (Å²) >= 11 is 0. The lowest BCUT2D eigenvalue weighted by Gasteiger charge is -2.18. The Labute approximate surface area is 109 Å². The van der Waals surface area contributed by atoms with Crippen molar-refractivity contribution in [2.24, 2.45) is 0 Å². The number of benzene rings is 2. The summed E-state index contributed by atoms with van der Waals surface area (Å²) in [6.45, 7) is 6.38. The van der Waals surface area contributed by atoms with Gasteiger partial charge in [0.05, 0.1) is 0 Å². The third kappa shape index (κ3) is 4.91. The molecule has 2 aromatic rings. The maximum absolute atomic E-state index is 9.18. The highest BCUT2D eigenvalue weighted by Crippen LogP contribution is 2.24. The van der Waals surface area contributed by atoms with E-state index >= 15 is 0 Å². The Bertz CT molecular complexity index is 470. The molecule has 2 N–H and O–H groups in total. The molecule has 0 radical (unpaired) electrons. The standard InChI is InChI=1S/C10H14O.C6H6O/c1-10(2,3)8-5-4-6-9(11)7-8;7-6-4-2-1-3-5-6/h4-7,11H,1-3H3;1-5,7H. The van der Waals surface area contributed by atoms with Crippen molar-refractivity contribution >= 4 is 0 Å². The molecule has 2 nitrogen and oxygen atoms in total. The Morgan fingerprint density at radius 3 is 1.61 bits per heavy atom. The van der Waals surface area contributed by atoms with Crippen LogP contribution in [0.25, 0.3) is 0 Å². The van der Waals surface area contributed by atoms with Crippen molar-refractivity contribution in [2.75, 3.05) is 0 Å². The Balaban J connectivity index is 0.000000199. The van der Waals surface area contributed by atoms with Crippen LogP contribution in [0.4, 0.5) is 0 Å². The molecule has 0 unspecified atom stereocenters. The molecule has 0 aliphatic heterocycles. The quantitative estimate of drug-likeness (QED) is 0.733. The highest BCUT2D eigenvalue weighted by molar-refractivity contribution is 5.31. The van der Waals surface area contributed by atoms with Crippen molar-refractivity contribution in [3.8, 4) is 11.5 Å². The van der Waals surface area contributed by atoms with Crippen LogP contribution < -0.4 is 0 Å². The van der Waals surface area contributed by atoms with Gasteiger partial charge in [-0.1, -0.05) is 51.1 Å². The fourth-order valence-electron chi connectivity index (χ4n) is 1.40. The van der Waals surface area contributed by atoms with Crippen LogP contribution in [0.2, 0.25) is 0 Å². The Hall–Kier alpha value is -1.96. The summed E-state index contributed by atoms with van der Waals surface area (Å²) in [6.07, 6.45) is 0. The number of aromatic hydroxyl groups is 2. The molecular weight excluding hydrogens is 224 g/mol. The minimum Gasteiger partial charge on any atom is -0.508 e. The lowest BCUT2D eigenvalue weighted by Crippen LogP contribution is -2.10. The molecule has 0 heterocycles. The molecule has 0 atom stereocenters. The fraction of sp³-hybridized carbons (Fsp3) is 0.250. The molecule has 0 saturated heterocycles. The van der Waals surface area contributed by atoms with E-state index < -0.39 is 0 Å². The van der Waals surface area contributed by atoms with E-state index in [2.05, 4.69) is 20.8 Å². The average molecular weight is 244 g/mol. The Kier molecular flexibility index (Phi) is 4.78. The number of phenolic OH excluding ortho intramolecular Hbond substituents is 2. The monoisotopic (exact) mass is 244 g/mol. The first kappa shape index (κ1) is 14.1. The van der Waals surface area contributed by atoms with Crippen molar-refractivity contribution in [3.63, 3.8) is 0 Å². The number of phenols is 2. The summed E-state index contributed by atoms with van der Waals surface area (Å²) in [4.78, 5) is 0. The van der Waals surface area contributed by atoms with E-state index in [1.807, 2.05) is 18.2 Å². The molecule has 0 aliphatic rings. The molecule has 2 aromatic carbocycles. The van der Waals surface area contributed by atoms with Crippen molar-refractivity contribution < 1.29 is 10.2 Å². The summed E-state index contributed by atoms with van der Waals surface area (Å²) in [5, 5.41) is 17.8. The van der Waals surface area contributed by atoms with Crippen LogP contribution in [0.15, 0.2) is 54.6 Å². The smallest absolute Gasteiger partial charge is 0.115 e. The third-order valence-corrected chi connectivity index (χ3v) is 2.47. The summed E-state index contributed by atoms with van der Waals surface area (Å²) in [5.41, 5.74) is 1.29. The van der Waals surface area contributed by atoms with Crippen LogP contribution in [0, 0.1) is 0 Å². The van der Waals surface area contributed by atoms with E-state index in [1.54, 1.807) is 36.4 Å². The van der Waals surface area contributed by atoms with Gasteiger partial charge < -0.3 is 10.2 Å². The summed E-state index contributed by atoms with van der Waals surface area (Å²) in [7, 11) is 0. The SMILES string of the molecule is CC(C)(C)c1cccc(O)c1.Oc1ccccc1. The second-order valence-corrected chi connectivity index (χ2v) is 5.14. The van der Waals surface area contributed by atoms with E-state index in [1.165, 1.54) is 0 Å². The van der Waals surface area contributed by atoms with E-state index in [4.69, 9.17) is 5.11 Å². The number of hydrogen-bond acceptors (Lipinski definition) is 2. The topological polar surface area (TPSA) is 40.5 Å². The molecule has 0 spiro atoms. The maximum atomic E-state index is 9.18. The average Bonchev–Trinajstić information content (AvgIpc) is 2.30. The van der Waals surface area contributed by atoms with Gasteiger partial charge in [0, 0.05) is 0 Å². The molecule has 2 heteroatoms. The van der Waals surface area contributed by atoms with Gasteiger partial charge in [0.1, 0.15) is 11.5 Å². The summed E-state index contributed by atoms with van der Waals surface area (Å²) in [5.74, 6) is 0.667. The second kappa shape index (κ2) is 6.10. The first-order valence-electron chi connectivity index (χ1n) is 5.93. The van der Waals surface area contributed by atoms with E-state index in [0.29, 0.717) is 11.5 Å². The summed E-state index contributed by atoms with van der Waals surface area (Å²) in [6, 6.07) is 16.1. The van der Waals surface area contributed by atoms with E-state index in [0.717, 1.165) is 5.56 Å². The van der Waals surface area contributed by atoms with Crippen LogP contribution in [-0.2, 0) is 5.41 Å². The van der Waals surface area contributed by atoms with E-state index in [9.17, 15) is 5.11 Å². The molecule has 0 amide bonds. The lowest BCUT2D eigenvalue weighted by molar-refractivity contribution is 0.471. The minimum absolute atomic E-state index is 0.124. The third-order valence-electron chi connectivity index (χ3n) is 2.47. The van der Waals surface area contributed by atoms with Crippen LogP contribution in [0.5, 0.6) is 11.5 Å². The highest BCUT2D eigenvalue weighted by Gasteiger charge is 2.12. The Morgan fingerprint density at radius 1 is 0.722 bits per heavy atom. The van der Waals surface area contributed by atoms with Gasteiger partial charge >= 0.3 is 0 Å². The van der Waals surface area contributed by atoms with Crippen molar-refractivity contribution in [2.45, 2.75) is 26.2 Å². The van der Waals surface area contributed by atoms with Crippen molar-refractivity contribution in [1.29, 1.82) is 0 Å². The van der Waals surface area contributed by atoms with Gasteiger partial charge in [0.2, 0.25) is 0 Å². The van der Waals surface area contributed by atoms with E-state index in [-0.39, 0.29) is 5.41 Å². The molecule has 0 bridgehead atoms. The minimum atomic E-state index is 0.124. The van der Waals surface area contributed by atoms with Crippen molar-refractivity contribution in [1.82, 2.24) is 0 Å². The van der Waals surface area contributed by atoms with Gasteiger partial charge in [0.25, 0.3) is 0 Å². The predicted molar refractivity (Wildman–Crippen MR) is 74.9 cm³/mol. The fourth-order valence-corrected chi connectivity index (χ4v) is 1.40. The van der Waals surface area contributed by atoms with Gasteiger partial charge in [-0.15, -0.1) is 0 Å². The Morgan fingerprint density at radius 2 is 1.28 bits per heavy atom. The highest BCUT2D eigenvalue weighted by atomic mass is 16.3. The largest absolute Gasteiger partial charge is 0.508 e. The van der Waals surface area contributed by atoms with Gasteiger partial charge in [-0.2, -0.15) is 0 Å². The zero-order valence-corrected chi connectivity index (χ0v) is 11.1. The molecule has 0 fully saturated rings. The molecule has 2 rings (SSSR count). The normalized spacial score (nSPS) is 10.4. The van der Waals surface area contributed by atoms with Gasteiger partial charge in [-0.3, -0.25) is 0 Å². The van der Waals surface area contributed by atoms with Gasteiger partial charge in [-0.25, -0.2) is 0 Å². The first-order chi connectivity index (χ1) is 8.39. The molecule has 0 aliphatic carbocycles. The molecule has 0 saturated carbocycles. The molecular formula is C16H20O2. The number of rotatable bonds is 0. The van der Waals surface area contributed by atoms with Gasteiger partial charge in [0.15, 0.2) is 0 Å². The van der Waals surface area contributed by atoms with Crippen LogP contribution >= 0.6 is 0 Å². The van der Waals surface area contributed by atoms with Crippen molar-refractivity contribution in [3.05, 3.63) is 60.2 Å². The zero-order valence-electron chi connectivity index (χ0n) is 11.1. The van der Waals surface area contributed by atoms with Crippen LogP contribution in [0.1, 0.15) is 26.3 Å². The molecule has 0 aromatic heterocycles. The zero-order chi connectivity index (χ0) is 13.6. The van der Waals surface area contributed by atoms with Crippen LogP contribution in [-0.4, -0.2) is 10.2 Å². The van der Waals surface area contributed by atoms with Gasteiger partial charge in [-0.05, 0) is 35.2 Å². The maximum Gasteiger partial charge on any atom is 0.115 e. The number of hydrogen-bond donors (Lipinski definition) is 2. The predicted octanol–water partition coefficient (Wildman–Crippen LogP) is 4.08. The van der Waals surface area contributed by atoms with Crippen LogP contribution in [0.3, 0.4) is 0 Å². The number of para-hydroxylation sites is 1. The lowest BCUT2D eigenvalue weighted by atomic mass is 9.87. The molecule has 18 heavy (non-hydrogen) atoms.